The fourth-order valence-corrected chi connectivity index (χ4v) is 5.02. The van der Waals surface area contributed by atoms with E-state index >= 15 is 0 Å². The van der Waals surface area contributed by atoms with Gasteiger partial charge in [0, 0.05) is 11.9 Å². The van der Waals surface area contributed by atoms with Crippen LogP contribution in [0.15, 0.2) is 35.1 Å². The Bertz CT molecular complexity index is 1500. The Balaban J connectivity index is 0.00000320. The zero-order valence-corrected chi connectivity index (χ0v) is 21.9. The van der Waals surface area contributed by atoms with Crippen LogP contribution in [0.1, 0.15) is 47.5 Å². The molecule has 2 fully saturated rings. The lowest BCUT2D eigenvalue weighted by Crippen LogP contribution is -2.33. The number of fused-ring (bicyclic) bond motifs is 1. The Morgan fingerprint density at radius 1 is 1.24 bits per heavy atom. The molecule has 1 unspecified atom stereocenters. The minimum Gasteiger partial charge on any atom is -0.507 e. The molecule has 1 saturated heterocycles. The number of nitrogens with one attached hydrogen (secondary N) is 3. The first-order chi connectivity index (χ1) is 17.2. The molecular weight excluding hydrogens is 520 g/mol. The summed E-state index contributed by atoms with van der Waals surface area (Å²) in [5.41, 5.74) is 0.876. The van der Waals surface area contributed by atoms with Gasteiger partial charge in [0.2, 0.25) is 10.0 Å². The van der Waals surface area contributed by atoms with Crippen molar-refractivity contribution >= 4 is 39.4 Å². The van der Waals surface area contributed by atoms with E-state index in [9.17, 15) is 23.1 Å². The zero-order chi connectivity index (χ0) is 25.4. The minimum absolute atomic E-state index is 0. The molecule has 12 heteroatoms. The summed E-state index contributed by atoms with van der Waals surface area (Å²) in [7, 11) is -3.85. The number of aromatic nitrogens is 2. The highest BCUT2D eigenvalue weighted by Crippen LogP contribution is 2.41. The summed E-state index contributed by atoms with van der Waals surface area (Å²) in [4.78, 5) is 32.6. The number of rotatable bonds is 7. The molecule has 0 radical (unpaired) electrons. The lowest BCUT2D eigenvalue weighted by atomic mass is 9.88. The molecule has 4 N–H and O–H groups in total. The van der Waals surface area contributed by atoms with Gasteiger partial charge in [-0.1, -0.05) is 6.07 Å². The number of benzene rings is 1. The Labute approximate surface area is 220 Å². The zero-order valence-electron chi connectivity index (χ0n) is 20.2. The van der Waals surface area contributed by atoms with Gasteiger partial charge < -0.3 is 20.1 Å². The highest BCUT2D eigenvalue weighted by Gasteiger charge is 2.26. The van der Waals surface area contributed by atoms with Gasteiger partial charge in [-0.3, -0.25) is 9.59 Å². The Kier molecular flexibility index (Phi) is 7.77. The molecule has 1 amide bonds. The second-order valence-electron chi connectivity index (χ2n) is 9.52. The number of pyridine rings is 2. The van der Waals surface area contributed by atoms with Crippen molar-refractivity contribution in [1.29, 1.82) is 0 Å². The van der Waals surface area contributed by atoms with Crippen molar-refractivity contribution in [3.63, 3.8) is 0 Å². The van der Waals surface area contributed by atoms with E-state index in [1.165, 1.54) is 6.07 Å². The number of hydrogen-bond acceptors (Lipinski definition) is 8. The smallest absolute Gasteiger partial charge is 0.270 e. The number of ether oxygens (including phenoxy) is 1. The van der Waals surface area contributed by atoms with E-state index in [-0.39, 0.29) is 35.3 Å². The molecule has 10 nitrogen and oxygen atoms in total. The van der Waals surface area contributed by atoms with Gasteiger partial charge in [-0.25, -0.2) is 18.1 Å². The van der Waals surface area contributed by atoms with Gasteiger partial charge in [-0.05, 0) is 73.9 Å². The van der Waals surface area contributed by atoms with E-state index in [0.717, 1.165) is 44.0 Å². The van der Waals surface area contributed by atoms with Gasteiger partial charge in [0.05, 0.1) is 24.1 Å². The number of nitrogens with zero attached hydrogens (tertiary/aromatic N) is 1. The topological polar surface area (TPSA) is 150 Å². The van der Waals surface area contributed by atoms with Gasteiger partial charge in [-0.2, -0.15) is 0 Å². The standard InChI is InChI=1S/C25H28N4O6S.ClH/c1-36(33,34)29-25(32)18-10-17-16(15-4-3-9-26-12-15)11-19(27-23(17)28-24(18)31)22-20(30)5-2-6-21(22)35-13-14-7-8-14;/h2,5-6,10-11,14-15,26,30H,3-4,7-9,12-13H2,1H3,(H,29,32)(H,27,28,31);1H. The molecule has 0 spiro atoms. The first kappa shape index (κ1) is 26.9. The van der Waals surface area contributed by atoms with E-state index in [0.29, 0.717) is 41.5 Å². The molecule has 2 aliphatic rings. The van der Waals surface area contributed by atoms with Crippen LogP contribution in [0.3, 0.4) is 0 Å². The van der Waals surface area contributed by atoms with Crippen LogP contribution >= 0.6 is 12.4 Å². The molecule has 1 atom stereocenters. The van der Waals surface area contributed by atoms with Crippen LogP contribution in [0, 0.1) is 5.92 Å². The number of phenolic OH excluding ortho intramolecular Hbond substituents is 1. The molecule has 2 aromatic heterocycles. The quantitative estimate of drug-likeness (QED) is 0.352. The van der Waals surface area contributed by atoms with Crippen molar-refractivity contribution < 1.29 is 23.1 Å². The van der Waals surface area contributed by atoms with Crippen molar-refractivity contribution in [1.82, 2.24) is 20.0 Å². The molecule has 3 aromatic rings. The third-order valence-corrected chi connectivity index (χ3v) is 7.10. The largest absolute Gasteiger partial charge is 0.507 e. The number of aromatic hydroxyl groups is 1. The van der Waals surface area contributed by atoms with Crippen molar-refractivity contribution in [2.75, 3.05) is 26.0 Å². The van der Waals surface area contributed by atoms with Gasteiger partial charge in [-0.15, -0.1) is 12.4 Å². The van der Waals surface area contributed by atoms with Gasteiger partial charge in [0.25, 0.3) is 11.5 Å². The molecule has 1 aliphatic carbocycles. The summed E-state index contributed by atoms with van der Waals surface area (Å²) in [5.74, 6) is 0.0825. The predicted molar refractivity (Wildman–Crippen MR) is 142 cm³/mol. The lowest BCUT2D eigenvalue weighted by molar-refractivity contribution is 0.0980. The van der Waals surface area contributed by atoms with Crippen LogP contribution in [0.25, 0.3) is 22.3 Å². The van der Waals surface area contributed by atoms with Gasteiger partial charge in [0.15, 0.2) is 0 Å². The summed E-state index contributed by atoms with van der Waals surface area (Å²) in [6.07, 6.45) is 4.92. The summed E-state index contributed by atoms with van der Waals surface area (Å²) in [6.45, 7) is 2.14. The van der Waals surface area contributed by atoms with E-state index in [1.807, 2.05) is 10.8 Å². The molecule has 1 saturated carbocycles. The molecule has 1 aliphatic heterocycles. The number of H-pyrrole nitrogens is 1. The summed E-state index contributed by atoms with van der Waals surface area (Å²) in [6, 6.07) is 8.31. The molecule has 5 rings (SSSR count). The maximum Gasteiger partial charge on any atom is 0.270 e. The Morgan fingerprint density at radius 2 is 2.03 bits per heavy atom. The maximum absolute atomic E-state index is 12.8. The number of phenols is 1. The average molecular weight is 549 g/mol. The van der Waals surface area contributed by atoms with E-state index in [4.69, 9.17) is 4.74 Å². The van der Waals surface area contributed by atoms with E-state index < -0.39 is 21.5 Å². The van der Waals surface area contributed by atoms with Crippen molar-refractivity contribution in [3.05, 3.63) is 51.8 Å². The van der Waals surface area contributed by atoms with E-state index in [1.54, 1.807) is 18.2 Å². The Hall–Kier alpha value is -3.15. The number of sulfonamides is 1. The highest BCUT2D eigenvalue weighted by molar-refractivity contribution is 7.89. The second kappa shape index (κ2) is 10.7. The number of carbonyl (C=O) groups excluding carboxylic acids is 1. The molecule has 1 aromatic carbocycles. The highest BCUT2D eigenvalue weighted by atomic mass is 35.5. The van der Waals surface area contributed by atoms with E-state index in [2.05, 4.69) is 15.3 Å². The number of halogens is 1. The number of aromatic amines is 1. The number of hydrogen-bond donors (Lipinski definition) is 4. The first-order valence-electron chi connectivity index (χ1n) is 12.0. The number of amides is 1. The summed E-state index contributed by atoms with van der Waals surface area (Å²) < 4.78 is 31.0. The van der Waals surface area contributed by atoms with Gasteiger partial charge in [0.1, 0.15) is 22.7 Å². The van der Waals surface area contributed by atoms with Crippen molar-refractivity contribution in [3.8, 4) is 22.8 Å². The molecular formula is C25H29ClN4O6S. The van der Waals surface area contributed by atoms with Crippen LogP contribution < -0.4 is 20.3 Å². The van der Waals surface area contributed by atoms with Crippen LogP contribution in [0.4, 0.5) is 0 Å². The predicted octanol–water partition coefficient (Wildman–Crippen LogP) is 2.66. The minimum atomic E-state index is -3.85. The fourth-order valence-electron chi connectivity index (χ4n) is 4.57. The van der Waals surface area contributed by atoms with Crippen LogP contribution in [-0.4, -0.2) is 55.4 Å². The fraction of sp³-hybridized carbons (Fsp3) is 0.400. The third kappa shape index (κ3) is 6.06. The van der Waals surface area contributed by atoms with Crippen molar-refractivity contribution in [2.24, 2.45) is 5.92 Å². The van der Waals surface area contributed by atoms with Crippen LogP contribution in [-0.2, 0) is 10.0 Å². The maximum atomic E-state index is 12.8. The number of carbonyl (C=O) groups is 1. The molecule has 3 heterocycles. The van der Waals surface area contributed by atoms with Gasteiger partial charge >= 0.3 is 0 Å². The van der Waals surface area contributed by atoms with Crippen molar-refractivity contribution in [2.45, 2.75) is 31.6 Å². The second-order valence-corrected chi connectivity index (χ2v) is 11.3. The Morgan fingerprint density at radius 3 is 2.70 bits per heavy atom. The third-order valence-electron chi connectivity index (χ3n) is 6.55. The molecule has 37 heavy (non-hydrogen) atoms. The van der Waals surface area contributed by atoms with Crippen LogP contribution in [0.5, 0.6) is 11.5 Å². The summed E-state index contributed by atoms with van der Waals surface area (Å²) >= 11 is 0. The van der Waals surface area contributed by atoms with Crippen LogP contribution in [0.2, 0.25) is 0 Å². The normalized spacial score (nSPS) is 17.7. The summed E-state index contributed by atoms with van der Waals surface area (Å²) in [5, 5.41) is 14.7. The first-order valence-corrected chi connectivity index (χ1v) is 13.8. The molecule has 198 valence electrons. The SMILES string of the molecule is CS(=O)(=O)NC(=O)c1cc2c(C3CCCNC3)cc(-c3c(O)cccc3OCC3CC3)nc2[nH]c1=O.Cl. The average Bonchev–Trinajstić information content (AvgIpc) is 3.65. The number of piperidine rings is 1. The monoisotopic (exact) mass is 548 g/mol. The lowest BCUT2D eigenvalue weighted by Gasteiger charge is -2.25. The molecule has 0 bridgehead atoms.